The van der Waals surface area contributed by atoms with Crippen molar-refractivity contribution in [3.8, 4) is 0 Å². The molecule has 20 heavy (non-hydrogen) atoms. The topological polar surface area (TPSA) is 66.8 Å². The molecule has 1 saturated heterocycles. The summed E-state index contributed by atoms with van der Waals surface area (Å²) in [7, 11) is 0. The number of hydrogen-bond donors (Lipinski definition) is 1. The van der Waals surface area contributed by atoms with Crippen molar-refractivity contribution < 1.29 is 19.4 Å². The third-order valence-electron chi connectivity index (χ3n) is 3.48. The molecule has 1 aromatic rings. The van der Waals surface area contributed by atoms with Crippen LogP contribution in [-0.2, 0) is 4.74 Å². The third-order valence-corrected chi connectivity index (χ3v) is 3.48. The summed E-state index contributed by atoms with van der Waals surface area (Å²) in [5.74, 6) is -0.820. The molecule has 0 bridgehead atoms. The summed E-state index contributed by atoms with van der Waals surface area (Å²) < 4.78 is 5.63. The zero-order valence-electron chi connectivity index (χ0n) is 11.7. The van der Waals surface area contributed by atoms with Gasteiger partial charge in [-0.25, -0.2) is 4.79 Å². The first kappa shape index (κ1) is 14.5. The van der Waals surface area contributed by atoms with Crippen LogP contribution in [0.3, 0.4) is 0 Å². The Labute approximate surface area is 118 Å². The van der Waals surface area contributed by atoms with Crippen LogP contribution in [0, 0.1) is 5.92 Å². The summed E-state index contributed by atoms with van der Waals surface area (Å²) in [6, 6.07) is 6.14. The van der Waals surface area contributed by atoms with Crippen LogP contribution in [-0.4, -0.2) is 47.7 Å². The number of ether oxygens (including phenoxy) is 1. The molecular weight excluding hydrogens is 258 g/mol. The van der Waals surface area contributed by atoms with Crippen LogP contribution in [0.2, 0.25) is 0 Å². The molecule has 0 spiro atoms. The fraction of sp³-hybridized carbons (Fsp3) is 0.467. The van der Waals surface area contributed by atoms with Gasteiger partial charge in [0.1, 0.15) is 0 Å². The van der Waals surface area contributed by atoms with Gasteiger partial charge in [-0.05, 0) is 24.1 Å². The first-order chi connectivity index (χ1) is 9.49. The second-order valence-electron chi connectivity index (χ2n) is 5.29. The van der Waals surface area contributed by atoms with Crippen LogP contribution in [0.25, 0.3) is 0 Å². The van der Waals surface area contributed by atoms with Crippen LogP contribution in [0.5, 0.6) is 0 Å². The zero-order chi connectivity index (χ0) is 14.7. The van der Waals surface area contributed by atoms with Crippen LogP contribution in [0.4, 0.5) is 0 Å². The second kappa shape index (κ2) is 6.05. The lowest BCUT2D eigenvalue weighted by Gasteiger charge is -2.35. The molecular formula is C15H19NO4. The molecule has 5 heteroatoms. The predicted octanol–water partition coefficient (Wildman–Crippen LogP) is 1.88. The van der Waals surface area contributed by atoms with Gasteiger partial charge in [0.2, 0.25) is 0 Å². The van der Waals surface area contributed by atoms with Crippen LogP contribution in [0.15, 0.2) is 24.3 Å². The molecule has 1 N–H and O–H groups in total. The highest BCUT2D eigenvalue weighted by Gasteiger charge is 2.27. The fourth-order valence-corrected chi connectivity index (χ4v) is 2.23. The van der Waals surface area contributed by atoms with Gasteiger partial charge in [0, 0.05) is 18.7 Å². The Morgan fingerprint density at radius 3 is 2.70 bits per heavy atom. The van der Waals surface area contributed by atoms with Crippen molar-refractivity contribution in [2.45, 2.75) is 20.0 Å². The number of benzene rings is 1. The maximum atomic E-state index is 12.4. The van der Waals surface area contributed by atoms with E-state index in [4.69, 9.17) is 9.84 Å². The molecule has 5 nitrogen and oxygen atoms in total. The van der Waals surface area contributed by atoms with E-state index in [0.717, 1.165) is 0 Å². The maximum absolute atomic E-state index is 12.4. The number of hydrogen-bond acceptors (Lipinski definition) is 3. The van der Waals surface area contributed by atoms with E-state index in [-0.39, 0.29) is 17.6 Å². The largest absolute Gasteiger partial charge is 0.478 e. The van der Waals surface area contributed by atoms with Gasteiger partial charge in [-0.1, -0.05) is 19.9 Å². The molecule has 1 aromatic carbocycles. The number of aromatic carboxylic acids is 1. The van der Waals surface area contributed by atoms with Crippen LogP contribution in [0.1, 0.15) is 34.6 Å². The van der Waals surface area contributed by atoms with E-state index in [1.165, 1.54) is 12.1 Å². The Hall–Kier alpha value is -1.88. The van der Waals surface area contributed by atoms with E-state index in [1.54, 1.807) is 17.0 Å². The number of amides is 1. The highest BCUT2D eigenvalue weighted by Crippen LogP contribution is 2.16. The number of carbonyl (C=O) groups excluding carboxylic acids is 1. The Kier molecular flexibility index (Phi) is 4.39. The summed E-state index contributed by atoms with van der Waals surface area (Å²) in [5.41, 5.74) is 0.541. The predicted molar refractivity (Wildman–Crippen MR) is 73.9 cm³/mol. The molecule has 1 atom stereocenters. The average Bonchev–Trinajstić information content (AvgIpc) is 2.46. The molecule has 1 aliphatic heterocycles. The minimum absolute atomic E-state index is 0.0374. The van der Waals surface area contributed by atoms with E-state index in [9.17, 15) is 9.59 Å². The van der Waals surface area contributed by atoms with E-state index >= 15 is 0 Å². The molecule has 1 heterocycles. The summed E-state index contributed by atoms with van der Waals surface area (Å²) in [6.45, 7) is 5.73. The second-order valence-corrected chi connectivity index (χ2v) is 5.29. The number of carbonyl (C=O) groups is 2. The minimum Gasteiger partial charge on any atom is -0.478 e. The van der Waals surface area contributed by atoms with E-state index in [0.29, 0.717) is 31.2 Å². The summed E-state index contributed by atoms with van der Waals surface area (Å²) in [4.78, 5) is 25.1. The molecule has 0 saturated carbocycles. The van der Waals surface area contributed by atoms with E-state index in [2.05, 4.69) is 13.8 Å². The Morgan fingerprint density at radius 2 is 2.05 bits per heavy atom. The SMILES string of the molecule is CC(C)C1CN(C(=O)c2cccc(C(=O)O)c2)CCO1. The average molecular weight is 277 g/mol. The summed E-state index contributed by atoms with van der Waals surface area (Å²) in [6.07, 6.45) is 0.0374. The van der Waals surface area contributed by atoms with Crippen molar-refractivity contribution in [3.63, 3.8) is 0 Å². The van der Waals surface area contributed by atoms with Gasteiger partial charge in [0.25, 0.3) is 5.91 Å². The first-order valence-electron chi connectivity index (χ1n) is 6.73. The van der Waals surface area contributed by atoms with Gasteiger partial charge in [-0.3, -0.25) is 4.79 Å². The lowest BCUT2D eigenvalue weighted by atomic mass is 10.0. The van der Waals surface area contributed by atoms with Crippen molar-refractivity contribution in [2.75, 3.05) is 19.7 Å². The van der Waals surface area contributed by atoms with Crippen molar-refractivity contribution in [1.29, 1.82) is 0 Å². The fourth-order valence-electron chi connectivity index (χ4n) is 2.23. The first-order valence-corrected chi connectivity index (χ1v) is 6.73. The molecule has 0 aliphatic carbocycles. The van der Waals surface area contributed by atoms with Gasteiger partial charge in [0.15, 0.2) is 0 Å². The Bertz CT molecular complexity index is 512. The van der Waals surface area contributed by atoms with E-state index in [1.807, 2.05) is 0 Å². The molecule has 1 unspecified atom stereocenters. The van der Waals surface area contributed by atoms with Crippen molar-refractivity contribution in [3.05, 3.63) is 35.4 Å². The van der Waals surface area contributed by atoms with Crippen molar-refractivity contribution >= 4 is 11.9 Å². The molecule has 108 valence electrons. The lowest BCUT2D eigenvalue weighted by Crippen LogP contribution is -2.47. The van der Waals surface area contributed by atoms with Gasteiger partial charge >= 0.3 is 5.97 Å². The van der Waals surface area contributed by atoms with Crippen molar-refractivity contribution in [2.24, 2.45) is 5.92 Å². The van der Waals surface area contributed by atoms with E-state index < -0.39 is 5.97 Å². The van der Waals surface area contributed by atoms with Gasteiger partial charge < -0.3 is 14.7 Å². The van der Waals surface area contributed by atoms with Gasteiger partial charge in [0.05, 0.1) is 18.3 Å². The van der Waals surface area contributed by atoms with Crippen LogP contribution >= 0.6 is 0 Å². The number of nitrogens with zero attached hydrogens (tertiary/aromatic N) is 1. The normalized spacial score (nSPS) is 19.1. The smallest absolute Gasteiger partial charge is 0.335 e. The molecule has 1 fully saturated rings. The quantitative estimate of drug-likeness (QED) is 0.916. The van der Waals surface area contributed by atoms with Crippen molar-refractivity contribution in [1.82, 2.24) is 4.90 Å². The third kappa shape index (κ3) is 3.17. The van der Waals surface area contributed by atoms with Gasteiger partial charge in [-0.2, -0.15) is 0 Å². The molecule has 1 aliphatic rings. The number of carboxylic acids is 1. The molecule has 0 aromatic heterocycles. The summed E-state index contributed by atoms with van der Waals surface area (Å²) >= 11 is 0. The minimum atomic E-state index is -1.03. The molecule has 2 rings (SSSR count). The Morgan fingerprint density at radius 1 is 1.35 bits per heavy atom. The number of carboxylic acid groups (broad SMARTS) is 1. The van der Waals surface area contributed by atoms with Gasteiger partial charge in [-0.15, -0.1) is 0 Å². The molecule has 0 radical (unpaired) electrons. The number of rotatable bonds is 3. The summed E-state index contributed by atoms with van der Waals surface area (Å²) in [5, 5.41) is 8.97. The standard InChI is InChI=1S/C15H19NO4/c1-10(2)13-9-16(6-7-20-13)14(17)11-4-3-5-12(8-11)15(18)19/h3-5,8,10,13H,6-7,9H2,1-2H3,(H,18,19). The highest BCUT2D eigenvalue weighted by atomic mass is 16.5. The zero-order valence-corrected chi connectivity index (χ0v) is 11.7. The maximum Gasteiger partial charge on any atom is 0.335 e. The lowest BCUT2D eigenvalue weighted by molar-refractivity contribution is -0.0420. The Balaban J connectivity index is 2.14. The molecule has 1 amide bonds. The number of morpholine rings is 1. The highest BCUT2D eigenvalue weighted by molar-refractivity contribution is 5.97. The monoisotopic (exact) mass is 277 g/mol. The van der Waals surface area contributed by atoms with Crippen LogP contribution < -0.4 is 0 Å².